The van der Waals surface area contributed by atoms with Gasteiger partial charge in [-0.15, -0.1) is 0 Å². The van der Waals surface area contributed by atoms with Gasteiger partial charge in [0.1, 0.15) is 11.2 Å². The minimum absolute atomic E-state index is 0.424. The van der Waals surface area contributed by atoms with Crippen LogP contribution in [0.5, 0.6) is 0 Å². The van der Waals surface area contributed by atoms with Gasteiger partial charge in [-0.25, -0.2) is 0 Å². The van der Waals surface area contributed by atoms with E-state index in [4.69, 9.17) is 4.42 Å². The van der Waals surface area contributed by atoms with Crippen LogP contribution in [0.1, 0.15) is 25.3 Å². The molecule has 0 N–H and O–H groups in total. The van der Waals surface area contributed by atoms with Crippen molar-refractivity contribution < 1.29 is 4.42 Å². The molecule has 0 fully saturated rings. The number of hydrogen-bond acceptors (Lipinski definition) is 1. The van der Waals surface area contributed by atoms with E-state index >= 15 is 0 Å². The molecule has 126 valence electrons. The van der Waals surface area contributed by atoms with Gasteiger partial charge in [-0.1, -0.05) is 74.5 Å². The molecule has 0 saturated heterocycles. The minimum Gasteiger partial charge on any atom is -0.456 e. The molecule has 1 heterocycles. The molecule has 0 atom stereocenters. The first-order valence-corrected chi connectivity index (χ1v) is 9.16. The summed E-state index contributed by atoms with van der Waals surface area (Å²) in [6.07, 6.45) is 0. The smallest absolute Gasteiger partial charge is 0.136 e. The minimum atomic E-state index is 0.424. The van der Waals surface area contributed by atoms with Crippen LogP contribution >= 0.6 is 0 Å². The summed E-state index contributed by atoms with van der Waals surface area (Å²) in [5.74, 6) is 0.424. The molecule has 0 aliphatic heterocycles. The van der Waals surface area contributed by atoms with E-state index in [-0.39, 0.29) is 0 Å². The van der Waals surface area contributed by atoms with E-state index in [1.807, 2.05) is 6.07 Å². The standard InChI is InChI=1S/C25H20O/c1-16(2)22-14-18(20-12-7-9-17-8-3-4-10-19(17)20)15-24-25(22)21-11-5-6-13-23(21)26-24/h3-16H,1-2H3. The van der Waals surface area contributed by atoms with Crippen LogP contribution < -0.4 is 0 Å². The Balaban J connectivity index is 1.88. The van der Waals surface area contributed by atoms with Crippen LogP contribution in [0.25, 0.3) is 43.8 Å². The molecule has 5 rings (SSSR count). The van der Waals surface area contributed by atoms with E-state index in [0.717, 1.165) is 11.2 Å². The van der Waals surface area contributed by atoms with Crippen LogP contribution in [-0.2, 0) is 0 Å². The Labute approximate surface area is 152 Å². The predicted molar refractivity (Wildman–Crippen MR) is 111 cm³/mol. The van der Waals surface area contributed by atoms with Gasteiger partial charge >= 0.3 is 0 Å². The summed E-state index contributed by atoms with van der Waals surface area (Å²) in [7, 11) is 0. The maximum atomic E-state index is 6.22. The van der Waals surface area contributed by atoms with Crippen LogP contribution in [0.15, 0.2) is 83.3 Å². The fraction of sp³-hybridized carbons (Fsp3) is 0.120. The summed E-state index contributed by atoms with van der Waals surface area (Å²) in [5, 5.41) is 5.00. The highest BCUT2D eigenvalue weighted by Gasteiger charge is 2.16. The number of hydrogen-bond donors (Lipinski definition) is 0. The Morgan fingerprint density at radius 3 is 2.27 bits per heavy atom. The van der Waals surface area contributed by atoms with Crippen molar-refractivity contribution in [1.29, 1.82) is 0 Å². The van der Waals surface area contributed by atoms with E-state index in [2.05, 4.69) is 86.6 Å². The van der Waals surface area contributed by atoms with Crippen molar-refractivity contribution >= 4 is 32.7 Å². The van der Waals surface area contributed by atoms with Gasteiger partial charge in [0, 0.05) is 10.8 Å². The summed E-state index contributed by atoms with van der Waals surface area (Å²) < 4.78 is 6.22. The molecule has 4 aromatic carbocycles. The van der Waals surface area contributed by atoms with Crippen LogP contribution in [0.2, 0.25) is 0 Å². The van der Waals surface area contributed by atoms with Gasteiger partial charge in [0.15, 0.2) is 0 Å². The number of benzene rings is 4. The lowest BCUT2D eigenvalue weighted by Gasteiger charge is -2.12. The van der Waals surface area contributed by atoms with Crippen molar-refractivity contribution in [3.63, 3.8) is 0 Å². The van der Waals surface area contributed by atoms with E-state index in [1.165, 1.54) is 38.2 Å². The first-order valence-electron chi connectivity index (χ1n) is 9.16. The second-order valence-electron chi connectivity index (χ2n) is 7.22. The fourth-order valence-corrected chi connectivity index (χ4v) is 3.97. The van der Waals surface area contributed by atoms with Crippen molar-refractivity contribution in [2.24, 2.45) is 0 Å². The van der Waals surface area contributed by atoms with Gasteiger partial charge in [-0.05, 0) is 51.6 Å². The predicted octanol–water partition coefficient (Wildman–Crippen LogP) is 7.53. The lowest BCUT2D eigenvalue weighted by atomic mass is 9.91. The third-order valence-electron chi connectivity index (χ3n) is 5.23. The Kier molecular flexibility index (Phi) is 3.36. The monoisotopic (exact) mass is 336 g/mol. The molecule has 0 saturated carbocycles. The van der Waals surface area contributed by atoms with Crippen molar-refractivity contribution in [1.82, 2.24) is 0 Å². The van der Waals surface area contributed by atoms with E-state index in [0.29, 0.717) is 5.92 Å². The fourth-order valence-electron chi connectivity index (χ4n) is 3.97. The second-order valence-corrected chi connectivity index (χ2v) is 7.22. The van der Waals surface area contributed by atoms with Crippen LogP contribution in [0.3, 0.4) is 0 Å². The van der Waals surface area contributed by atoms with Crippen molar-refractivity contribution in [3.05, 3.63) is 84.4 Å². The van der Waals surface area contributed by atoms with Gasteiger partial charge in [0.2, 0.25) is 0 Å². The van der Waals surface area contributed by atoms with Gasteiger partial charge in [-0.3, -0.25) is 0 Å². The molecule has 0 amide bonds. The highest BCUT2D eigenvalue weighted by Crippen LogP contribution is 2.39. The maximum absolute atomic E-state index is 6.22. The third-order valence-corrected chi connectivity index (χ3v) is 5.23. The summed E-state index contributed by atoms with van der Waals surface area (Å²) in [6, 6.07) is 27.9. The SMILES string of the molecule is CC(C)c1cc(-c2cccc3ccccc23)cc2oc3ccccc3c12. The largest absolute Gasteiger partial charge is 0.456 e. The molecule has 1 aromatic heterocycles. The van der Waals surface area contributed by atoms with Gasteiger partial charge in [-0.2, -0.15) is 0 Å². The van der Waals surface area contributed by atoms with Crippen molar-refractivity contribution in [2.45, 2.75) is 19.8 Å². The Bertz CT molecular complexity index is 1250. The normalized spacial score (nSPS) is 11.8. The van der Waals surface area contributed by atoms with Crippen molar-refractivity contribution in [2.75, 3.05) is 0 Å². The van der Waals surface area contributed by atoms with Gasteiger partial charge < -0.3 is 4.42 Å². The van der Waals surface area contributed by atoms with Gasteiger partial charge in [0.05, 0.1) is 0 Å². The molecular weight excluding hydrogens is 316 g/mol. The molecule has 0 spiro atoms. The molecule has 0 aliphatic rings. The van der Waals surface area contributed by atoms with Gasteiger partial charge in [0.25, 0.3) is 0 Å². The van der Waals surface area contributed by atoms with E-state index in [1.54, 1.807) is 0 Å². The first kappa shape index (κ1) is 15.2. The average Bonchev–Trinajstić information content (AvgIpc) is 3.05. The molecule has 0 aliphatic carbocycles. The zero-order valence-corrected chi connectivity index (χ0v) is 15.0. The zero-order valence-electron chi connectivity index (χ0n) is 15.0. The quantitative estimate of drug-likeness (QED) is 0.325. The average molecular weight is 336 g/mol. The molecule has 5 aromatic rings. The lowest BCUT2D eigenvalue weighted by Crippen LogP contribution is -1.91. The summed E-state index contributed by atoms with van der Waals surface area (Å²) >= 11 is 0. The van der Waals surface area contributed by atoms with E-state index in [9.17, 15) is 0 Å². The topological polar surface area (TPSA) is 13.1 Å². The maximum Gasteiger partial charge on any atom is 0.136 e. The summed E-state index contributed by atoms with van der Waals surface area (Å²) in [4.78, 5) is 0. The van der Waals surface area contributed by atoms with Crippen molar-refractivity contribution in [3.8, 4) is 11.1 Å². The molecule has 0 unspecified atom stereocenters. The third kappa shape index (κ3) is 2.24. The highest BCUT2D eigenvalue weighted by molar-refractivity contribution is 6.09. The van der Waals surface area contributed by atoms with Crippen LogP contribution in [-0.4, -0.2) is 0 Å². The molecule has 1 nitrogen and oxygen atoms in total. The molecule has 0 bridgehead atoms. The Morgan fingerprint density at radius 1 is 0.692 bits per heavy atom. The highest BCUT2D eigenvalue weighted by atomic mass is 16.3. The molecular formula is C25H20O. The number of para-hydroxylation sites is 1. The van der Waals surface area contributed by atoms with Crippen LogP contribution in [0, 0.1) is 0 Å². The molecule has 1 heteroatoms. The van der Waals surface area contributed by atoms with E-state index < -0.39 is 0 Å². The summed E-state index contributed by atoms with van der Waals surface area (Å²) in [5.41, 5.74) is 5.75. The number of fused-ring (bicyclic) bond motifs is 4. The zero-order chi connectivity index (χ0) is 17.7. The number of furan rings is 1. The molecule has 26 heavy (non-hydrogen) atoms. The Hall–Kier alpha value is -3.06. The lowest BCUT2D eigenvalue weighted by molar-refractivity contribution is 0.668. The van der Waals surface area contributed by atoms with Crippen LogP contribution in [0.4, 0.5) is 0 Å². The number of rotatable bonds is 2. The first-order chi connectivity index (χ1) is 12.7. The Morgan fingerprint density at radius 2 is 1.42 bits per heavy atom. The second kappa shape index (κ2) is 5.74. The molecule has 0 radical (unpaired) electrons. The summed E-state index contributed by atoms with van der Waals surface area (Å²) in [6.45, 7) is 4.51.